The van der Waals surface area contributed by atoms with Crippen LogP contribution < -0.4 is 11.3 Å². The molecular weight excluding hydrogens is 244 g/mol. The van der Waals surface area contributed by atoms with Crippen molar-refractivity contribution < 1.29 is 0 Å². The van der Waals surface area contributed by atoms with Gasteiger partial charge in [-0.1, -0.05) is 18.2 Å². The number of thioether (sulfide) groups is 1. The lowest BCUT2D eigenvalue weighted by molar-refractivity contribution is 0.561. The third kappa shape index (κ3) is 2.68. The maximum absolute atomic E-state index is 5.59. The summed E-state index contributed by atoms with van der Waals surface area (Å²) < 4.78 is 2.05. The van der Waals surface area contributed by atoms with E-state index < -0.39 is 0 Å². The molecule has 0 aliphatic carbocycles. The number of rotatable bonds is 6. The van der Waals surface area contributed by atoms with E-state index >= 15 is 0 Å². The minimum absolute atomic E-state index is 0.267. The number of nitrogens with two attached hydrogens (primary N) is 1. The summed E-state index contributed by atoms with van der Waals surface area (Å²) in [6, 6.07) is 8.64. The molecule has 0 spiro atoms. The van der Waals surface area contributed by atoms with Crippen LogP contribution >= 0.6 is 11.8 Å². The van der Waals surface area contributed by atoms with Gasteiger partial charge < -0.3 is 0 Å². The second-order valence-corrected chi connectivity index (χ2v) is 5.21. The molecule has 2 rings (SSSR count). The number of nitrogens with one attached hydrogen (secondary N) is 1. The Morgan fingerprint density at radius 2 is 2.22 bits per heavy atom. The summed E-state index contributed by atoms with van der Waals surface area (Å²) in [7, 11) is 0. The zero-order chi connectivity index (χ0) is 13.0. The second-order valence-electron chi connectivity index (χ2n) is 4.30. The van der Waals surface area contributed by atoms with Crippen molar-refractivity contribution in [3.05, 3.63) is 30.0 Å². The summed E-state index contributed by atoms with van der Waals surface area (Å²) in [6.07, 6.45) is 2.96. The number of benzene rings is 1. The Morgan fingerprint density at radius 3 is 2.89 bits per heavy atom. The highest BCUT2D eigenvalue weighted by Crippen LogP contribution is 2.20. The van der Waals surface area contributed by atoms with Crippen molar-refractivity contribution in [1.82, 2.24) is 15.2 Å². The molecule has 0 saturated carbocycles. The molecule has 0 aliphatic heterocycles. The van der Waals surface area contributed by atoms with Crippen molar-refractivity contribution in [3.63, 3.8) is 0 Å². The van der Waals surface area contributed by atoms with Crippen molar-refractivity contribution in [2.75, 3.05) is 12.0 Å². The molecular formula is C13H20N4S. The van der Waals surface area contributed by atoms with Gasteiger partial charge in [-0.15, -0.1) is 0 Å². The monoisotopic (exact) mass is 264 g/mol. The molecule has 0 aliphatic rings. The second kappa shape index (κ2) is 6.22. The van der Waals surface area contributed by atoms with Crippen LogP contribution in [0.3, 0.4) is 0 Å². The van der Waals surface area contributed by atoms with E-state index in [0.717, 1.165) is 24.4 Å². The number of aryl methyl sites for hydroxylation is 1. The molecule has 0 amide bonds. The summed E-state index contributed by atoms with van der Waals surface area (Å²) in [5, 5.41) is 5.93. The first-order valence-corrected chi connectivity index (χ1v) is 7.59. The van der Waals surface area contributed by atoms with Crippen LogP contribution in [0.1, 0.15) is 12.6 Å². The predicted octanol–water partition coefficient (Wildman–Crippen LogP) is 1.79. The largest absolute Gasteiger partial charge is 0.271 e. The molecule has 1 aromatic heterocycles. The molecule has 5 heteroatoms. The Bertz CT molecular complexity index is 509. The highest BCUT2D eigenvalue weighted by molar-refractivity contribution is 7.98. The zero-order valence-electron chi connectivity index (χ0n) is 10.9. The maximum Gasteiger partial charge on any atom is 0.0719 e. The zero-order valence-corrected chi connectivity index (χ0v) is 11.7. The van der Waals surface area contributed by atoms with Crippen molar-refractivity contribution in [3.8, 4) is 0 Å². The van der Waals surface area contributed by atoms with E-state index in [0.29, 0.717) is 0 Å². The lowest BCUT2D eigenvalue weighted by Crippen LogP contribution is -2.38. The average Bonchev–Trinajstić information content (AvgIpc) is 2.76. The Kier molecular flexibility index (Phi) is 4.63. The molecule has 0 radical (unpaired) electrons. The quantitative estimate of drug-likeness (QED) is 0.617. The topological polar surface area (TPSA) is 55.9 Å². The van der Waals surface area contributed by atoms with Crippen LogP contribution in [0.2, 0.25) is 0 Å². The van der Waals surface area contributed by atoms with Gasteiger partial charge in [0.05, 0.1) is 11.2 Å². The molecule has 2 aromatic rings. The van der Waals surface area contributed by atoms with Crippen molar-refractivity contribution in [2.24, 2.45) is 5.84 Å². The van der Waals surface area contributed by atoms with Crippen molar-refractivity contribution >= 4 is 22.7 Å². The van der Waals surface area contributed by atoms with E-state index in [1.165, 1.54) is 10.9 Å². The minimum Gasteiger partial charge on any atom is -0.271 e. The fourth-order valence-corrected chi connectivity index (χ4v) is 2.81. The minimum atomic E-state index is 0.267. The standard InChI is InChI=1S/C13H20N4S/c1-3-17-13-7-5-4-6-11(13)12(16-17)8-10(15-14)9-18-2/h4-7,10,15H,3,8-9,14H2,1-2H3. The lowest BCUT2D eigenvalue weighted by atomic mass is 10.1. The number of nitrogens with zero attached hydrogens (tertiary/aromatic N) is 2. The van der Waals surface area contributed by atoms with Gasteiger partial charge in [-0.25, -0.2) is 0 Å². The number of aromatic nitrogens is 2. The normalized spacial score (nSPS) is 13.1. The van der Waals surface area contributed by atoms with Gasteiger partial charge in [0.25, 0.3) is 0 Å². The molecule has 1 unspecified atom stereocenters. The summed E-state index contributed by atoms with van der Waals surface area (Å²) in [5.41, 5.74) is 5.21. The smallest absolute Gasteiger partial charge is 0.0719 e. The third-order valence-electron chi connectivity index (χ3n) is 3.08. The number of hydrogen-bond donors (Lipinski definition) is 2. The Balaban J connectivity index is 2.32. The van der Waals surface area contributed by atoms with Gasteiger partial charge in [-0.05, 0) is 19.2 Å². The van der Waals surface area contributed by atoms with Crippen LogP contribution in [0.4, 0.5) is 0 Å². The molecule has 1 heterocycles. The van der Waals surface area contributed by atoms with Gasteiger partial charge >= 0.3 is 0 Å². The number of hydrazine groups is 1. The van der Waals surface area contributed by atoms with E-state index in [1.807, 2.05) is 0 Å². The Hall–Kier alpha value is -1.04. The van der Waals surface area contributed by atoms with E-state index in [-0.39, 0.29) is 6.04 Å². The van der Waals surface area contributed by atoms with Crippen molar-refractivity contribution in [2.45, 2.75) is 25.9 Å². The van der Waals surface area contributed by atoms with Crippen LogP contribution in [0.15, 0.2) is 24.3 Å². The van der Waals surface area contributed by atoms with Crippen LogP contribution in [0.25, 0.3) is 10.9 Å². The molecule has 1 atom stereocenters. The van der Waals surface area contributed by atoms with Crippen LogP contribution in [0.5, 0.6) is 0 Å². The molecule has 3 N–H and O–H groups in total. The Morgan fingerprint density at radius 1 is 1.44 bits per heavy atom. The molecule has 98 valence electrons. The first kappa shape index (κ1) is 13.4. The lowest BCUT2D eigenvalue weighted by Gasteiger charge is -2.12. The summed E-state index contributed by atoms with van der Waals surface area (Å²) in [4.78, 5) is 0. The molecule has 4 nitrogen and oxygen atoms in total. The van der Waals surface area contributed by atoms with Gasteiger partial charge in [0, 0.05) is 30.1 Å². The Labute approximate surface area is 112 Å². The first-order valence-electron chi connectivity index (χ1n) is 6.19. The van der Waals surface area contributed by atoms with Crippen LogP contribution in [-0.4, -0.2) is 27.8 Å². The van der Waals surface area contributed by atoms with Gasteiger partial charge in [-0.2, -0.15) is 16.9 Å². The van der Waals surface area contributed by atoms with Gasteiger partial charge in [-0.3, -0.25) is 16.0 Å². The highest BCUT2D eigenvalue weighted by Gasteiger charge is 2.14. The highest BCUT2D eigenvalue weighted by atomic mass is 32.2. The van der Waals surface area contributed by atoms with E-state index in [1.54, 1.807) is 11.8 Å². The summed E-state index contributed by atoms with van der Waals surface area (Å²) in [6.45, 7) is 3.01. The molecule has 0 bridgehead atoms. The van der Waals surface area contributed by atoms with Gasteiger partial charge in [0.15, 0.2) is 0 Å². The maximum atomic E-state index is 5.59. The summed E-state index contributed by atoms with van der Waals surface area (Å²) in [5.74, 6) is 6.58. The fourth-order valence-electron chi connectivity index (χ4n) is 2.19. The van der Waals surface area contributed by atoms with Gasteiger partial charge in [0.2, 0.25) is 0 Å². The predicted molar refractivity (Wildman–Crippen MR) is 78.6 cm³/mol. The molecule has 18 heavy (non-hydrogen) atoms. The molecule has 0 saturated heterocycles. The molecule has 0 fully saturated rings. The van der Waals surface area contributed by atoms with E-state index in [9.17, 15) is 0 Å². The van der Waals surface area contributed by atoms with Crippen molar-refractivity contribution in [1.29, 1.82) is 0 Å². The van der Waals surface area contributed by atoms with Crippen LogP contribution in [-0.2, 0) is 13.0 Å². The van der Waals surface area contributed by atoms with Crippen LogP contribution in [0, 0.1) is 0 Å². The van der Waals surface area contributed by atoms with E-state index in [2.05, 4.69) is 52.7 Å². The number of fused-ring (bicyclic) bond motifs is 1. The first-order chi connectivity index (χ1) is 8.80. The average molecular weight is 264 g/mol. The number of hydrogen-bond acceptors (Lipinski definition) is 4. The SMILES string of the molecule is CCn1nc(CC(CSC)NN)c2ccccc21. The van der Waals surface area contributed by atoms with Gasteiger partial charge in [0.1, 0.15) is 0 Å². The molecule has 1 aromatic carbocycles. The number of para-hydroxylation sites is 1. The summed E-state index contributed by atoms with van der Waals surface area (Å²) >= 11 is 1.79. The fraction of sp³-hybridized carbons (Fsp3) is 0.462. The van der Waals surface area contributed by atoms with E-state index in [4.69, 9.17) is 5.84 Å². The third-order valence-corrected chi connectivity index (χ3v) is 3.81.